The summed E-state index contributed by atoms with van der Waals surface area (Å²) >= 11 is 0. The number of pyridine rings is 1. The molecule has 1 amide bonds. The van der Waals surface area contributed by atoms with Gasteiger partial charge in [0.25, 0.3) is 15.9 Å². The molecule has 0 atom stereocenters. The molecule has 3 aromatic carbocycles. The number of hydrogen-bond donors (Lipinski definition) is 1. The van der Waals surface area contributed by atoms with E-state index in [1.54, 1.807) is 48.9 Å². The summed E-state index contributed by atoms with van der Waals surface area (Å²) in [5, 5.41) is 5.31. The van der Waals surface area contributed by atoms with E-state index in [4.69, 9.17) is 9.47 Å². The van der Waals surface area contributed by atoms with Crippen LogP contribution in [0.5, 0.6) is 17.4 Å². The summed E-state index contributed by atoms with van der Waals surface area (Å²) in [5.74, 6) is 0.807. The zero-order valence-corrected chi connectivity index (χ0v) is 31.1. The molecule has 1 saturated heterocycles. The fraction of sp³-hybridized carbons (Fsp3) is 0.256. The van der Waals surface area contributed by atoms with Crippen LogP contribution in [-0.4, -0.2) is 82.4 Å². The number of carbonyl (C=O) groups is 1. The normalized spacial score (nSPS) is 14.0. The predicted octanol–water partition coefficient (Wildman–Crippen LogP) is 6.87. The van der Waals surface area contributed by atoms with E-state index in [9.17, 15) is 26.4 Å². The van der Waals surface area contributed by atoms with Crippen LogP contribution in [0.3, 0.4) is 0 Å². The summed E-state index contributed by atoms with van der Waals surface area (Å²) in [7, 11) is -2.16. The lowest BCUT2D eigenvalue weighted by Gasteiger charge is -2.34. The van der Waals surface area contributed by atoms with Crippen molar-refractivity contribution in [3.8, 4) is 23.1 Å². The Morgan fingerprint density at radius 2 is 1.60 bits per heavy atom. The van der Waals surface area contributed by atoms with Crippen LogP contribution in [0.1, 0.15) is 27.4 Å². The third kappa shape index (κ3) is 8.44. The molecule has 4 heterocycles. The van der Waals surface area contributed by atoms with Crippen LogP contribution in [-0.2, 0) is 23.6 Å². The summed E-state index contributed by atoms with van der Waals surface area (Å²) in [5.41, 5.74) is 4.11. The number of aryl methyl sites for hydroxylation is 2. The molecule has 0 bridgehead atoms. The zero-order valence-electron chi connectivity index (χ0n) is 30.2. The number of ether oxygens (including phenoxy) is 2. The molecule has 286 valence electrons. The molecule has 1 aliphatic heterocycles. The molecule has 16 heteroatoms. The van der Waals surface area contributed by atoms with Crippen molar-refractivity contribution in [2.75, 3.05) is 37.5 Å². The highest BCUT2D eigenvalue weighted by atomic mass is 32.2. The van der Waals surface area contributed by atoms with Crippen LogP contribution < -0.4 is 14.2 Å². The summed E-state index contributed by atoms with van der Waals surface area (Å²) in [6, 6.07) is 26.3. The zero-order chi connectivity index (χ0) is 38.9. The van der Waals surface area contributed by atoms with Crippen LogP contribution in [0, 0.1) is 13.8 Å². The molecule has 12 nitrogen and oxygen atoms in total. The van der Waals surface area contributed by atoms with Crippen molar-refractivity contribution in [1.82, 2.24) is 29.1 Å². The topological polar surface area (TPSA) is 124 Å². The average Bonchev–Trinajstić information content (AvgIpc) is 3.66. The number of rotatable bonds is 11. The van der Waals surface area contributed by atoms with E-state index in [-0.39, 0.29) is 28.1 Å². The average molecular weight is 774 g/mol. The lowest BCUT2D eigenvalue weighted by Crippen LogP contribution is -2.48. The maximum absolute atomic E-state index is 13.6. The molecule has 0 unspecified atom stereocenters. The lowest BCUT2D eigenvalue weighted by molar-refractivity contribution is -0.153. The van der Waals surface area contributed by atoms with Crippen LogP contribution in [0.25, 0.3) is 16.6 Å². The van der Waals surface area contributed by atoms with Gasteiger partial charge in [-0.1, -0.05) is 30.3 Å². The number of amides is 1. The maximum atomic E-state index is 13.6. The number of nitrogens with zero attached hydrogens (tertiary/aromatic N) is 6. The fourth-order valence-corrected chi connectivity index (χ4v) is 8.07. The molecule has 1 N–H and O–H groups in total. The predicted molar refractivity (Wildman–Crippen MR) is 200 cm³/mol. The standard InChI is InChI=1S/C39H38F3N7O5S/c1-26-37(27(2)49(44-26)31-7-5-4-6-8-31)55(51,52)45-30-12-16-36(43-23-30)54-33-15-11-29-21-35(46(3)34(29)22-33)38(50)48-19-17-47(18-20-48)24-28-9-13-32(14-10-28)53-25-39(40,41)42/h4-16,21-23,45H,17-20,24-25H2,1-3H3. The molecule has 3 aromatic heterocycles. The Morgan fingerprint density at radius 3 is 2.27 bits per heavy atom. The Kier molecular flexibility index (Phi) is 10.3. The van der Waals surface area contributed by atoms with Gasteiger partial charge in [0, 0.05) is 57.3 Å². The summed E-state index contributed by atoms with van der Waals surface area (Å²) in [4.78, 5) is 22.0. The first-order valence-corrected chi connectivity index (χ1v) is 18.9. The molecule has 0 saturated carbocycles. The van der Waals surface area contributed by atoms with Crippen molar-refractivity contribution in [3.63, 3.8) is 0 Å². The Balaban J connectivity index is 0.955. The maximum Gasteiger partial charge on any atom is 0.422 e. The van der Waals surface area contributed by atoms with Crippen molar-refractivity contribution >= 4 is 32.5 Å². The first-order valence-electron chi connectivity index (χ1n) is 17.4. The summed E-state index contributed by atoms with van der Waals surface area (Å²) < 4.78 is 81.0. The van der Waals surface area contributed by atoms with Crippen molar-refractivity contribution < 1.29 is 35.9 Å². The molecule has 0 spiro atoms. The van der Waals surface area contributed by atoms with Gasteiger partial charge in [-0.15, -0.1) is 0 Å². The Morgan fingerprint density at radius 1 is 0.891 bits per heavy atom. The van der Waals surface area contributed by atoms with E-state index in [0.717, 1.165) is 22.2 Å². The van der Waals surface area contributed by atoms with Crippen molar-refractivity contribution in [3.05, 3.63) is 120 Å². The van der Waals surface area contributed by atoms with Crippen LogP contribution >= 0.6 is 0 Å². The van der Waals surface area contributed by atoms with Gasteiger partial charge in [0.2, 0.25) is 5.88 Å². The van der Waals surface area contributed by atoms with E-state index >= 15 is 0 Å². The highest BCUT2D eigenvalue weighted by Gasteiger charge is 2.29. The monoisotopic (exact) mass is 773 g/mol. The minimum Gasteiger partial charge on any atom is -0.484 e. The Hall–Kier alpha value is -5.87. The van der Waals surface area contributed by atoms with Gasteiger partial charge in [-0.2, -0.15) is 18.3 Å². The van der Waals surface area contributed by atoms with E-state index in [2.05, 4.69) is 19.7 Å². The SMILES string of the molecule is Cc1nn(-c2ccccc2)c(C)c1S(=O)(=O)Nc1ccc(Oc2ccc3cc(C(=O)N4CCN(Cc5ccc(OCC(F)(F)F)cc5)CC4)n(C)c3c2)nc1. The van der Waals surface area contributed by atoms with Gasteiger partial charge < -0.3 is 18.9 Å². The molecule has 0 aliphatic carbocycles. The van der Waals surface area contributed by atoms with Gasteiger partial charge in [-0.3, -0.25) is 14.4 Å². The molecule has 55 heavy (non-hydrogen) atoms. The smallest absolute Gasteiger partial charge is 0.422 e. The number of carbonyl (C=O) groups excluding carboxylic acids is 1. The second-order valence-electron chi connectivity index (χ2n) is 13.3. The van der Waals surface area contributed by atoms with Gasteiger partial charge in [-0.05, 0) is 67.9 Å². The number of anilines is 1. The number of para-hydroxylation sites is 1. The highest BCUT2D eigenvalue weighted by molar-refractivity contribution is 7.92. The van der Waals surface area contributed by atoms with E-state index < -0.39 is 22.8 Å². The van der Waals surface area contributed by atoms with E-state index in [1.165, 1.54) is 18.3 Å². The number of sulfonamides is 1. The number of hydrogen-bond acceptors (Lipinski definition) is 8. The largest absolute Gasteiger partial charge is 0.484 e. The minimum atomic E-state index is -4.39. The molecule has 1 fully saturated rings. The third-order valence-corrected chi connectivity index (χ3v) is 11.0. The van der Waals surface area contributed by atoms with E-state index in [1.807, 2.05) is 65.0 Å². The van der Waals surface area contributed by atoms with Gasteiger partial charge in [0.05, 0.1) is 34.5 Å². The Labute approximate surface area is 315 Å². The highest BCUT2D eigenvalue weighted by Crippen LogP contribution is 2.29. The van der Waals surface area contributed by atoms with Gasteiger partial charge in [0.1, 0.15) is 22.1 Å². The van der Waals surface area contributed by atoms with Crippen molar-refractivity contribution in [2.45, 2.75) is 31.5 Å². The van der Waals surface area contributed by atoms with Crippen LogP contribution in [0.2, 0.25) is 0 Å². The van der Waals surface area contributed by atoms with Crippen molar-refractivity contribution in [1.29, 1.82) is 0 Å². The number of aromatic nitrogens is 4. The second-order valence-corrected chi connectivity index (χ2v) is 14.9. The molecular weight excluding hydrogens is 736 g/mol. The van der Waals surface area contributed by atoms with Gasteiger partial charge in [-0.25, -0.2) is 18.1 Å². The number of alkyl halides is 3. The quantitative estimate of drug-likeness (QED) is 0.151. The molecule has 0 radical (unpaired) electrons. The number of halogens is 3. The summed E-state index contributed by atoms with van der Waals surface area (Å²) in [6.07, 6.45) is -3.01. The molecular formula is C39H38F3N7O5S. The van der Waals surface area contributed by atoms with Crippen molar-refractivity contribution in [2.24, 2.45) is 7.05 Å². The number of benzene rings is 3. The lowest BCUT2D eigenvalue weighted by atomic mass is 10.2. The van der Waals surface area contributed by atoms with E-state index in [0.29, 0.717) is 55.6 Å². The first-order chi connectivity index (χ1) is 26.2. The summed E-state index contributed by atoms with van der Waals surface area (Å²) in [6.45, 7) is 4.97. The molecule has 7 rings (SSSR count). The fourth-order valence-electron chi connectivity index (χ4n) is 6.63. The number of fused-ring (bicyclic) bond motifs is 1. The van der Waals surface area contributed by atoms with Crippen LogP contribution in [0.4, 0.5) is 18.9 Å². The first kappa shape index (κ1) is 37.4. The second kappa shape index (κ2) is 15.1. The third-order valence-electron chi connectivity index (χ3n) is 9.33. The van der Waals surface area contributed by atoms with Crippen LogP contribution in [0.15, 0.2) is 102 Å². The van der Waals surface area contributed by atoms with Gasteiger partial charge in [0.15, 0.2) is 6.61 Å². The molecule has 1 aliphatic rings. The van der Waals surface area contributed by atoms with Gasteiger partial charge >= 0.3 is 6.18 Å². The number of piperazine rings is 1. The molecule has 6 aromatic rings. The Bertz CT molecular complexity index is 2420. The number of nitrogens with one attached hydrogen (secondary N) is 1. The minimum absolute atomic E-state index is 0.0931.